The zero-order valence-corrected chi connectivity index (χ0v) is 14.9. The van der Waals surface area contributed by atoms with E-state index >= 15 is 0 Å². The van der Waals surface area contributed by atoms with Gasteiger partial charge in [0.05, 0.1) is 17.5 Å². The number of amides is 2. The maximum atomic E-state index is 13.3. The minimum Gasteiger partial charge on any atom is -0.291 e. The molecule has 0 N–H and O–H groups in total. The maximum Gasteiger partial charge on any atom is 0.240 e. The number of benzene rings is 2. The molecule has 2 aromatic carbocycles. The highest BCUT2D eigenvalue weighted by molar-refractivity contribution is 6.37. The topological polar surface area (TPSA) is 74.8 Å². The molecular weight excluding hydrogens is 363 g/mol. The predicted octanol–water partition coefficient (Wildman–Crippen LogP) is 1.69. The van der Waals surface area contributed by atoms with Gasteiger partial charge in [-0.1, -0.05) is 24.3 Å². The van der Waals surface area contributed by atoms with Gasteiger partial charge in [-0.2, -0.15) is 0 Å². The fourth-order valence-corrected chi connectivity index (χ4v) is 4.92. The highest BCUT2D eigenvalue weighted by Gasteiger charge is 2.72. The first-order valence-corrected chi connectivity index (χ1v) is 8.92. The number of ketones is 2. The Kier molecular flexibility index (Phi) is 3.28. The molecule has 2 heterocycles. The summed E-state index contributed by atoms with van der Waals surface area (Å²) >= 11 is 0. The van der Waals surface area contributed by atoms with Crippen molar-refractivity contribution in [2.45, 2.75) is 5.54 Å². The second-order valence-electron chi connectivity index (χ2n) is 7.42. The number of likely N-dealkylation sites (N-methyl/N-ethyl adjacent to an activating group) is 1. The van der Waals surface area contributed by atoms with Gasteiger partial charge in [0.1, 0.15) is 5.82 Å². The van der Waals surface area contributed by atoms with Crippen molar-refractivity contribution in [3.8, 4) is 0 Å². The first-order chi connectivity index (χ1) is 13.4. The zero-order valence-electron chi connectivity index (χ0n) is 14.9. The van der Waals surface area contributed by atoms with Crippen LogP contribution in [0.25, 0.3) is 0 Å². The van der Waals surface area contributed by atoms with Gasteiger partial charge in [-0.15, -0.1) is 0 Å². The fraction of sp³-hybridized carbons (Fsp3) is 0.238. The minimum absolute atomic E-state index is 0.123. The molecule has 2 fully saturated rings. The van der Waals surface area contributed by atoms with Crippen LogP contribution in [-0.2, 0) is 9.59 Å². The molecule has 0 saturated carbocycles. The van der Waals surface area contributed by atoms with Crippen LogP contribution < -0.4 is 4.90 Å². The molecular formula is C21H15FN2O4. The molecule has 0 aromatic heterocycles. The lowest BCUT2D eigenvalue weighted by Crippen LogP contribution is -2.58. The highest BCUT2D eigenvalue weighted by Crippen LogP contribution is 2.51. The van der Waals surface area contributed by atoms with Crippen LogP contribution in [-0.4, -0.2) is 47.4 Å². The lowest BCUT2D eigenvalue weighted by molar-refractivity contribution is -0.123. The third kappa shape index (κ3) is 1.79. The lowest BCUT2D eigenvalue weighted by atomic mass is 9.77. The number of carbonyl (C=O) groups excluding carboxylic acids is 4. The van der Waals surface area contributed by atoms with E-state index in [4.69, 9.17) is 0 Å². The van der Waals surface area contributed by atoms with E-state index in [0.717, 1.165) is 17.0 Å². The molecule has 0 radical (unpaired) electrons. The number of imide groups is 1. The van der Waals surface area contributed by atoms with E-state index < -0.39 is 46.6 Å². The summed E-state index contributed by atoms with van der Waals surface area (Å²) in [4.78, 5) is 55.5. The molecule has 2 amide bonds. The minimum atomic E-state index is -1.70. The van der Waals surface area contributed by atoms with Gasteiger partial charge in [0, 0.05) is 17.7 Å². The lowest BCUT2D eigenvalue weighted by Gasteiger charge is -2.32. The average Bonchev–Trinajstić information content (AvgIpc) is 3.21. The second kappa shape index (κ2) is 5.42. The van der Waals surface area contributed by atoms with Crippen molar-refractivity contribution in [2.24, 2.45) is 11.8 Å². The molecule has 1 spiro atoms. The molecule has 1 aliphatic carbocycles. The fourth-order valence-electron chi connectivity index (χ4n) is 4.92. The molecule has 6 nitrogen and oxygen atoms in total. The largest absolute Gasteiger partial charge is 0.291 e. The first-order valence-electron chi connectivity index (χ1n) is 8.92. The number of carbonyl (C=O) groups is 4. The quantitative estimate of drug-likeness (QED) is 0.558. The summed E-state index contributed by atoms with van der Waals surface area (Å²) in [5.74, 6) is -4.33. The highest BCUT2D eigenvalue weighted by atomic mass is 19.1. The van der Waals surface area contributed by atoms with Gasteiger partial charge in [0.15, 0.2) is 17.1 Å². The Morgan fingerprint density at radius 1 is 0.893 bits per heavy atom. The molecule has 140 valence electrons. The van der Waals surface area contributed by atoms with Crippen LogP contribution in [0.3, 0.4) is 0 Å². The number of Topliss-reactive ketones (excluding diaryl/α,β-unsaturated/α-hetero) is 2. The van der Waals surface area contributed by atoms with E-state index in [1.807, 2.05) is 0 Å². The van der Waals surface area contributed by atoms with Gasteiger partial charge >= 0.3 is 0 Å². The van der Waals surface area contributed by atoms with Crippen molar-refractivity contribution in [1.29, 1.82) is 0 Å². The molecule has 0 bridgehead atoms. The summed E-state index contributed by atoms with van der Waals surface area (Å²) in [6, 6.07) is 11.5. The molecule has 2 aromatic rings. The second-order valence-corrected chi connectivity index (χ2v) is 7.42. The van der Waals surface area contributed by atoms with E-state index in [-0.39, 0.29) is 23.4 Å². The summed E-state index contributed by atoms with van der Waals surface area (Å²) in [5, 5.41) is 0. The van der Waals surface area contributed by atoms with Crippen molar-refractivity contribution in [1.82, 2.24) is 4.90 Å². The Morgan fingerprint density at radius 3 is 2.04 bits per heavy atom. The number of rotatable bonds is 1. The summed E-state index contributed by atoms with van der Waals surface area (Å²) in [7, 11) is 1.60. The van der Waals surface area contributed by atoms with Crippen LogP contribution >= 0.6 is 0 Å². The molecule has 7 heteroatoms. The summed E-state index contributed by atoms with van der Waals surface area (Å²) in [6.45, 7) is 0.123. The van der Waals surface area contributed by atoms with E-state index in [1.165, 1.54) is 12.1 Å². The zero-order chi connectivity index (χ0) is 19.8. The summed E-state index contributed by atoms with van der Waals surface area (Å²) in [6.07, 6.45) is 0. The van der Waals surface area contributed by atoms with Gasteiger partial charge in [-0.25, -0.2) is 9.29 Å². The van der Waals surface area contributed by atoms with Crippen molar-refractivity contribution in [3.63, 3.8) is 0 Å². The summed E-state index contributed by atoms with van der Waals surface area (Å²) < 4.78 is 13.3. The number of hydrogen-bond donors (Lipinski definition) is 0. The van der Waals surface area contributed by atoms with Crippen molar-refractivity contribution >= 4 is 29.1 Å². The summed E-state index contributed by atoms with van der Waals surface area (Å²) in [5.41, 5.74) is -0.907. The van der Waals surface area contributed by atoms with Crippen LogP contribution in [0.15, 0.2) is 48.5 Å². The van der Waals surface area contributed by atoms with E-state index in [0.29, 0.717) is 0 Å². The van der Waals surface area contributed by atoms with Crippen LogP contribution in [0.5, 0.6) is 0 Å². The van der Waals surface area contributed by atoms with Crippen LogP contribution in [0, 0.1) is 17.7 Å². The van der Waals surface area contributed by atoms with Crippen LogP contribution in [0.2, 0.25) is 0 Å². The number of anilines is 1. The van der Waals surface area contributed by atoms with E-state index in [2.05, 4.69) is 0 Å². The number of likely N-dealkylation sites (tertiary alicyclic amines) is 1. The molecule has 2 atom stereocenters. The van der Waals surface area contributed by atoms with Crippen molar-refractivity contribution in [2.75, 3.05) is 18.5 Å². The SMILES string of the molecule is CN1CC2C(=O)N(c3ccc(F)cc3)C(=O)C2C12C(=O)c1ccccc1C2=O. The van der Waals surface area contributed by atoms with Gasteiger partial charge in [0.2, 0.25) is 11.8 Å². The monoisotopic (exact) mass is 378 g/mol. The third-order valence-corrected chi connectivity index (χ3v) is 6.14. The molecule has 2 aliphatic heterocycles. The van der Waals surface area contributed by atoms with Gasteiger partial charge < -0.3 is 0 Å². The smallest absolute Gasteiger partial charge is 0.240 e. The molecule has 2 unspecified atom stereocenters. The van der Waals surface area contributed by atoms with Gasteiger partial charge in [0.25, 0.3) is 0 Å². The Hall–Kier alpha value is -3.19. The van der Waals surface area contributed by atoms with E-state index in [1.54, 1.807) is 36.2 Å². The number of halogens is 1. The Labute approximate surface area is 159 Å². The number of hydrogen-bond acceptors (Lipinski definition) is 5. The van der Waals surface area contributed by atoms with Crippen molar-refractivity contribution < 1.29 is 23.6 Å². The average molecular weight is 378 g/mol. The van der Waals surface area contributed by atoms with Gasteiger partial charge in [-0.3, -0.25) is 24.1 Å². The standard InChI is InChI=1S/C21H15FN2O4/c1-23-10-15-16(20(28)24(19(15)27)12-8-6-11(22)7-9-12)21(23)17(25)13-4-2-3-5-14(13)18(21)26/h2-9,15-16H,10H2,1H3. The van der Waals surface area contributed by atoms with Crippen LogP contribution in [0.1, 0.15) is 20.7 Å². The Morgan fingerprint density at radius 2 is 1.46 bits per heavy atom. The predicted molar refractivity (Wildman–Crippen MR) is 96.3 cm³/mol. The van der Waals surface area contributed by atoms with Crippen molar-refractivity contribution in [3.05, 3.63) is 65.5 Å². The maximum absolute atomic E-state index is 13.3. The van der Waals surface area contributed by atoms with Gasteiger partial charge in [-0.05, 0) is 31.3 Å². The first kappa shape index (κ1) is 16.9. The molecule has 3 aliphatic rings. The Bertz CT molecular complexity index is 1040. The molecule has 2 saturated heterocycles. The van der Waals surface area contributed by atoms with E-state index in [9.17, 15) is 23.6 Å². The Balaban J connectivity index is 1.65. The molecule has 28 heavy (non-hydrogen) atoms. The normalized spacial score (nSPS) is 25.7. The molecule has 5 rings (SSSR count). The number of fused-ring (bicyclic) bond motifs is 3. The van der Waals surface area contributed by atoms with Crippen LogP contribution in [0.4, 0.5) is 10.1 Å². The number of nitrogens with zero attached hydrogens (tertiary/aromatic N) is 2. The third-order valence-electron chi connectivity index (χ3n) is 6.14.